The van der Waals surface area contributed by atoms with Gasteiger partial charge in [-0.2, -0.15) is 0 Å². The Morgan fingerprint density at radius 1 is 1.25 bits per heavy atom. The summed E-state index contributed by atoms with van der Waals surface area (Å²) < 4.78 is 11.1. The summed E-state index contributed by atoms with van der Waals surface area (Å²) in [5.74, 6) is 1.54. The van der Waals surface area contributed by atoms with E-state index in [2.05, 4.69) is 41.2 Å². The molecule has 28 heavy (non-hydrogen) atoms. The second kappa shape index (κ2) is 11.0. The summed E-state index contributed by atoms with van der Waals surface area (Å²) in [6.07, 6.45) is 1.13. The molecule has 1 aromatic rings. The van der Waals surface area contributed by atoms with E-state index in [1.165, 1.54) is 5.56 Å². The van der Waals surface area contributed by atoms with E-state index < -0.39 is 0 Å². The monoisotopic (exact) mass is 408 g/mol. The molecule has 1 N–H and O–H groups in total. The highest BCUT2D eigenvalue weighted by Gasteiger charge is 2.24. The molecule has 0 radical (unpaired) electrons. The van der Waals surface area contributed by atoms with Gasteiger partial charge in [-0.05, 0) is 31.0 Å². The van der Waals surface area contributed by atoms with Crippen molar-refractivity contribution >= 4 is 17.6 Å². The van der Waals surface area contributed by atoms with E-state index in [4.69, 9.17) is 26.1 Å². The van der Waals surface area contributed by atoms with E-state index in [0.717, 1.165) is 70.0 Å². The normalized spacial score (nSPS) is 22.2. The third-order valence-electron chi connectivity index (χ3n) is 5.41. The molecule has 7 heteroatoms. The fourth-order valence-electron chi connectivity index (χ4n) is 3.85. The average Bonchev–Trinajstić information content (AvgIpc) is 3.22. The molecule has 1 aromatic carbocycles. The SMILES string of the molecule is CCNC(=NCC(c1ccc(Cl)cc1)N1CCOCC1)N(C)CC1CCOC1. The Morgan fingerprint density at radius 3 is 2.64 bits per heavy atom. The molecular formula is C21H33ClN4O2. The van der Waals surface area contributed by atoms with Crippen LogP contribution in [0.4, 0.5) is 0 Å². The molecule has 0 aliphatic carbocycles. The van der Waals surface area contributed by atoms with Crippen LogP contribution in [0.5, 0.6) is 0 Å². The summed E-state index contributed by atoms with van der Waals surface area (Å²) in [6, 6.07) is 8.38. The molecule has 2 atom stereocenters. The van der Waals surface area contributed by atoms with Gasteiger partial charge in [0.15, 0.2) is 5.96 Å². The molecule has 0 amide bonds. The van der Waals surface area contributed by atoms with Crippen molar-refractivity contribution in [3.8, 4) is 0 Å². The van der Waals surface area contributed by atoms with Crippen molar-refractivity contribution in [2.24, 2.45) is 10.9 Å². The second-order valence-electron chi connectivity index (χ2n) is 7.52. The summed E-state index contributed by atoms with van der Waals surface area (Å²) in [6.45, 7) is 9.76. The van der Waals surface area contributed by atoms with Crippen molar-refractivity contribution < 1.29 is 9.47 Å². The van der Waals surface area contributed by atoms with Crippen LogP contribution in [-0.2, 0) is 9.47 Å². The minimum Gasteiger partial charge on any atom is -0.381 e. The van der Waals surface area contributed by atoms with Gasteiger partial charge in [0.25, 0.3) is 0 Å². The number of morpholine rings is 1. The topological polar surface area (TPSA) is 49.3 Å². The lowest BCUT2D eigenvalue weighted by Crippen LogP contribution is -2.43. The van der Waals surface area contributed by atoms with Gasteiger partial charge in [-0.25, -0.2) is 0 Å². The van der Waals surface area contributed by atoms with Gasteiger partial charge in [-0.3, -0.25) is 9.89 Å². The molecule has 0 bridgehead atoms. The first-order valence-electron chi connectivity index (χ1n) is 10.3. The molecule has 0 saturated carbocycles. The number of rotatable bonds is 7. The molecule has 2 saturated heterocycles. The molecule has 2 heterocycles. The van der Waals surface area contributed by atoms with E-state index in [9.17, 15) is 0 Å². The van der Waals surface area contributed by atoms with Gasteiger partial charge in [0, 0.05) is 50.8 Å². The van der Waals surface area contributed by atoms with E-state index >= 15 is 0 Å². The van der Waals surface area contributed by atoms with Gasteiger partial charge in [-0.1, -0.05) is 23.7 Å². The van der Waals surface area contributed by atoms with Crippen molar-refractivity contribution in [2.45, 2.75) is 19.4 Å². The van der Waals surface area contributed by atoms with Crippen LogP contribution < -0.4 is 5.32 Å². The molecule has 0 aromatic heterocycles. The van der Waals surface area contributed by atoms with Crippen LogP contribution >= 0.6 is 11.6 Å². The maximum Gasteiger partial charge on any atom is 0.193 e. The number of ether oxygens (including phenoxy) is 2. The fraction of sp³-hybridized carbons (Fsp3) is 0.667. The Labute approximate surface area is 173 Å². The van der Waals surface area contributed by atoms with E-state index in [0.29, 0.717) is 12.5 Å². The quantitative estimate of drug-likeness (QED) is 0.555. The van der Waals surface area contributed by atoms with Gasteiger partial charge < -0.3 is 19.7 Å². The van der Waals surface area contributed by atoms with Crippen LogP contribution in [0, 0.1) is 5.92 Å². The smallest absolute Gasteiger partial charge is 0.193 e. The third-order valence-corrected chi connectivity index (χ3v) is 5.66. The van der Waals surface area contributed by atoms with Crippen molar-refractivity contribution in [1.29, 1.82) is 0 Å². The lowest BCUT2D eigenvalue weighted by molar-refractivity contribution is 0.0179. The van der Waals surface area contributed by atoms with E-state index in [1.54, 1.807) is 0 Å². The van der Waals surface area contributed by atoms with Crippen molar-refractivity contribution in [2.75, 3.05) is 66.2 Å². The number of aliphatic imine (C=N–C) groups is 1. The van der Waals surface area contributed by atoms with Crippen molar-refractivity contribution in [3.05, 3.63) is 34.9 Å². The standard InChI is InChI=1S/C21H33ClN4O2/c1-3-23-21(25(2)15-17-8-11-28-16-17)24-14-20(26-9-12-27-13-10-26)18-4-6-19(22)7-5-18/h4-7,17,20H,3,8-16H2,1-2H3,(H,23,24). The van der Waals surface area contributed by atoms with Crippen molar-refractivity contribution in [1.82, 2.24) is 15.1 Å². The molecule has 2 aliphatic rings. The number of hydrogen-bond donors (Lipinski definition) is 1. The maximum atomic E-state index is 6.11. The fourth-order valence-corrected chi connectivity index (χ4v) is 3.98. The lowest BCUT2D eigenvalue weighted by atomic mass is 10.0. The van der Waals surface area contributed by atoms with Crippen LogP contribution in [0.25, 0.3) is 0 Å². The Kier molecular flexibility index (Phi) is 8.40. The summed E-state index contributed by atoms with van der Waals surface area (Å²) in [5, 5.41) is 4.21. The van der Waals surface area contributed by atoms with Gasteiger partial charge in [0.05, 0.1) is 32.4 Å². The molecule has 156 valence electrons. The summed E-state index contributed by atoms with van der Waals surface area (Å²) in [7, 11) is 2.12. The highest BCUT2D eigenvalue weighted by Crippen LogP contribution is 2.24. The zero-order valence-corrected chi connectivity index (χ0v) is 17.8. The minimum absolute atomic E-state index is 0.220. The molecule has 2 fully saturated rings. The number of guanidine groups is 1. The number of nitrogens with zero attached hydrogens (tertiary/aromatic N) is 3. The molecule has 0 spiro atoms. The predicted octanol–water partition coefficient (Wildman–Crippen LogP) is 2.65. The van der Waals surface area contributed by atoms with E-state index in [-0.39, 0.29) is 6.04 Å². The predicted molar refractivity (Wildman–Crippen MR) is 114 cm³/mol. The summed E-state index contributed by atoms with van der Waals surface area (Å²) in [5.41, 5.74) is 1.25. The number of nitrogens with one attached hydrogen (secondary N) is 1. The summed E-state index contributed by atoms with van der Waals surface area (Å²) >= 11 is 6.11. The number of hydrogen-bond acceptors (Lipinski definition) is 4. The first-order valence-corrected chi connectivity index (χ1v) is 10.7. The second-order valence-corrected chi connectivity index (χ2v) is 7.96. The lowest BCUT2D eigenvalue weighted by Gasteiger charge is -2.34. The molecule has 2 unspecified atom stereocenters. The zero-order chi connectivity index (χ0) is 19.8. The molecular weight excluding hydrogens is 376 g/mol. The molecule has 6 nitrogen and oxygen atoms in total. The molecule has 3 rings (SSSR count). The number of halogens is 1. The van der Waals surface area contributed by atoms with E-state index in [1.807, 2.05) is 12.1 Å². The van der Waals surface area contributed by atoms with Gasteiger partial charge in [-0.15, -0.1) is 0 Å². The molecule has 2 aliphatic heterocycles. The Balaban J connectivity index is 1.73. The van der Waals surface area contributed by atoms with Crippen LogP contribution in [0.3, 0.4) is 0 Å². The van der Waals surface area contributed by atoms with Crippen LogP contribution in [0.2, 0.25) is 5.02 Å². The first-order chi connectivity index (χ1) is 13.7. The highest BCUT2D eigenvalue weighted by molar-refractivity contribution is 6.30. The Bertz CT molecular complexity index is 613. The zero-order valence-electron chi connectivity index (χ0n) is 17.1. The Morgan fingerprint density at radius 2 is 2.00 bits per heavy atom. The highest BCUT2D eigenvalue weighted by atomic mass is 35.5. The Hall–Kier alpha value is -1.34. The van der Waals surface area contributed by atoms with Crippen LogP contribution in [0.1, 0.15) is 24.9 Å². The first kappa shape index (κ1) is 21.4. The van der Waals surface area contributed by atoms with Crippen LogP contribution in [0.15, 0.2) is 29.3 Å². The van der Waals surface area contributed by atoms with Crippen molar-refractivity contribution in [3.63, 3.8) is 0 Å². The summed E-state index contributed by atoms with van der Waals surface area (Å²) in [4.78, 5) is 9.71. The maximum absolute atomic E-state index is 6.11. The van der Waals surface area contributed by atoms with Gasteiger partial charge in [0.1, 0.15) is 0 Å². The van der Waals surface area contributed by atoms with Gasteiger partial charge >= 0.3 is 0 Å². The minimum atomic E-state index is 0.220. The third kappa shape index (κ3) is 6.08. The average molecular weight is 409 g/mol. The van der Waals surface area contributed by atoms with Gasteiger partial charge in [0.2, 0.25) is 0 Å². The largest absolute Gasteiger partial charge is 0.381 e. The van der Waals surface area contributed by atoms with Crippen LogP contribution in [-0.4, -0.2) is 82.0 Å². The number of benzene rings is 1.